The molecule has 0 saturated carbocycles. The Bertz CT molecular complexity index is 1210. The second-order valence-electron chi connectivity index (χ2n) is 6.40. The molecule has 0 spiro atoms. The number of H-pyrrole nitrogens is 1. The van der Waals surface area contributed by atoms with Crippen LogP contribution in [-0.4, -0.2) is 24.2 Å². The Morgan fingerprint density at radius 3 is 2.71 bits per heavy atom. The number of hydrogen-bond donors (Lipinski definition) is 3. The van der Waals surface area contributed by atoms with E-state index >= 15 is 0 Å². The van der Waals surface area contributed by atoms with E-state index in [0.717, 1.165) is 0 Å². The lowest BCUT2D eigenvalue weighted by Gasteiger charge is -2.15. The summed E-state index contributed by atoms with van der Waals surface area (Å²) in [4.78, 5) is 31.1. The van der Waals surface area contributed by atoms with Crippen molar-refractivity contribution in [1.82, 2.24) is 19.1 Å². The Morgan fingerprint density at radius 1 is 1.21 bits per heavy atom. The predicted molar refractivity (Wildman–Crippen MR) is 103 cm³/mol. The molecule has 3 aromatic heterocycles. The van der Waals surface area contributed by atoms with Gasteiger partial charge in [-0.15, -0.1) is 0 Å². The number of imidazole rings is 1. The molecule has 144 valence electrons. The first kappa shape index (κ1) is 17.8. The highest BCUT2D eigenvalue weighted by Gasteiger charge is 2.20. The Balaban J connectivity index is 1.79. The normalized spacial score (nSPS) is 12.4. The van der Waals surface area contributed by atoms with E-state index < -0.39 is 17.4 Å². The van der Waals surface area contributed by atoms with Gasteiger partial charge in [0, 0.05) is 7.05 Å². The molecule has 0 aliphatic rings. The molecular weight excluding hydrogens is 362 g/mol. The number of aromatic amines is 1. The molecule has 3 heterocycles. The number of benzene rings is 1. The molecule has 9 heteroatoms. The number of fused-ring (bicyclic) bond motifs is 1. The van der Waals surface area contributed by atoms with Gasteiger partial charge < -0.3 is 19.4 Å². The molecule has 0 fully saturated rings. The number of nitrogens with one attached hydrogen (secondary N) is 2. The minimum Gasteiger partial charge on any atom is -0.467 e. The molecule has 0 aliphatic carbocycles. The van der Waals surface area contributed by atoms with E-state index in [9.17, 15) is 14.7 Å². The van der Waals surface area contributed by atoms with Crippen molar-refractivity contribution >= 4 is 17.1 Å². The summed E-state index contributed by atoms with van der Waals surface area (Å²) in [6.45, 7) is 0.423. The maximum atomic E-state index is 12.5. The number of anilines is 1. The first-order chi connectivity index (χ1) is 13.5. The van der Waals surface area contributed by atoms with Gasteiger partial charge in [-0.3, -0.25) is 14.3 Å². The fourth-order valence-electron chi connectivity index (χ4n) is 3.08. The summed E-state index contributed by atoms with van der Waals surface area (Å²) < 4.78 is 8.16. The van der Waals surface area contributed by atoms with Gasteiger partial charge in [-0.1, -0.05) is 30.3 Å². The molecule has 0 amide bonds. The summed E-state index contributed by atoms with van der Waals surface area (Å²) in [5, 5.41) is 13.8. The molecule has 0 radical (unpaired) electrons. The third kappa shape index (κ3) is 3.23. The minimum absolute atomic E-state index is 0.0856. The molecule has 0 aliphatic heterocycles. The van der Waals surface area contributed by atoms with Crippen LogP contribution in [0.4, 0.5) is 5.95 Å². The van der Waals surface area contributed by atoms with Gasteiger partial charge in [0.1, 0.15) is 5.76 Å². The molecule has 0 unspecified atom stereocenters. The highest BCUT2D eigenvalue weighted by atomic mass is 16.3. The fraction of sp³-hybridized carbons (Fsp3) is 0.211. The van der Waals surface area contributed by atoms with Gasteiger partial charge in [0.25, 0.3) is 5.56 Å². The van der Waals surface area contributed by atoms with E-state index in [1.807, 2.05) is 18.2 Å². The lowest BCUT2D eigenvalue weighted by atomic mass is 10.1. The highest BCUT2D eigenvalue weighted by Crippen LogP contribution is 2.22. The van der Waals surface area contributed by atoms with Crippen LogP contribution < -0.4 is 16.6 Å². The van der Waals surface area contributed by atoms with Crippen LogP contribution in [-0.2, 0) is 20.1 Å². The van der Waals surface area contributed by atoms with Crippen LogP contribution in [0, 0.1) is 0 Å². The van der Waals surface area contributed by atoms with Crippen LogP contribution in [0.5, 0.6) is 0 Å². The lowest BCUT2D eigenvalue weighted by molar-refractivity contribution is 0.158. The average molecular weight is 381 g/mol. The van der Waals surface area contributed by atoms with Crippen LogP contribution >= 0.6 is 0 Å². The van der Waals surface area contributed by atoms with E-state index in [2.05, 4.69) is 15.3 Å². The van der Waals surface area contributed by atoms with Gasteiger partial charge in [0.15, 0.2) is 11.2 Å². The maximum absolute atomic E-state index is 12.5. The number of aromatic nitrogens is 4. The van der Waals surface area contributed by atoms with E-state index in [4.69, 9.17) is 4.42 Å². The Kier molecular flexibility index (Phi) is 4.58. The number of aliphatic hydroxyl groups excluding tert-OH is 1. The van der Waals surface area contributed by atoms with Crippen molar-refractivity contribution in [1.29, 1.82) is 0 Å². The first-order valence-corrected chi connectivity index (χ1v) is 8.73. The Morgan fingerprint density at radius 2 is 2.00 bits per heavy atom. The summed E-state index contributed by atoms with van der Waals surface area (Å²) >= 11 is 0. The summed E-state index contributed by atoms with van der Waals surface area (Å²) in [5.74, 6) is 1.04. The summed E-state index contributed by atoms with van der Waals surface area (Å²) in [5.41, 5.74) is 0.0396. The Labute approximate surface area is 158 Å². The van der Waals surface area contributed by atoms with E-state index in [1.165, 1.54) is 11.6 Å². The third-order valence-electron chi connectivity index (χ3n) is 4.55. The molecule has 1 atom stereocenters. The van der Waals surface area contributed by atoms with Crippen LogP contribution in [0.15, 0.2) is 62.7 Å². The molecule has 1 aromatic carbocycles. The monoisotopic (exact) mass is 381 g/mol. The van der Waals surface area contributed by atoms with Gasteiger partial charge in [0.2, 0.25) is 5.95 Å². The molecule has 4 rings (SSSR count). The average Bonchev–Trinajstić information content (AvgIpc) is 3.33. The number of hydrogen-bond acceptors (Lipinski definition) is 6. The fourth-order valence-corrected chi connectivity index (χ4v) is 3.08. The zero-order valence-electron chi connectivity index (χ0n) is 15.1. The number of nitrogens with zero attached hydrogens (tertiary/aromatic N) is 3. The standard InChI is InChI=1S/C19H19N5O4/c1-23-16-15(17(26)22-19(23)27)24(11-14(25)12-6-3-2-4-7-12)18(21-16)20-10-13-8-5-9-28-13/h2-9,14,25H,10-11H2,1H3,(H,20,21)(H,22,26,27)/t14-/m1/s1. The first-order valence-electron chi connectivity index (χ1n) is 8.73. The van der Waals surface area contributed by atoms with Crippen molar-refractivity contribution in [3.63, 3.8) is 0 Å². The van der Waals surface area contributed by atoms with Crippen molar-refractivity contribution in [3.8, 4) is 0 Å². The van der Waals surface area contributed by atoms with Gasteiger partial charge >= 0.3 is 5.69 Å². The molecule has 3 N–H and O–H groups in total. The Hall–Kier alpha value is -3.59. The zero-order chi connectivity index (χ0) is 19.7. The predicted octanol–water partition coefficient (Wildman–Crippen LogP) is 1.36. The smallest absolute Gasteiger partial charge is 0.329 e. The van der Waals surface area contributed by atoms with E-state index in [1.54, 1.807) is 35.1 Å². The molecular formula is C19H19N5O4. The summed E-state index contributed by atoms with van der Waals surface area (Å²) in [6, 6.07) is 12.7. The summed E-state index contributed by atoms with van der Waals surface area (Å²) in [6.07, 6.45) is 0.701. The summed E-state index contributed by atoms with van der Waals surface area (Å²) in [7, 11) is 1.53. The minimum atomic E-state index is -0.862. The quantitative estimate of drug-likeness (QED) is 0.464. The zero-order valence-corrected chi connectivity index (χ0v) is 15.1. The van der Waals surface area contributed by atoms with E-state index in [0.29, 0.717) is 23.8 Å². The maximum Gasteiger partial charge on any atom is 0.329 e. The molecule has 0 bridgehead atoms. The second-order valence-corrected chi connectivity index (χ2v) is 6.40. The van der Waals surface area contributed by atoms with E-state index in [-0.39, 0.29) is 17.7 Å². The van der Waals surface area contributed by atoms with Crippen molar-refractivity contribution < 1.29 is 9.52 Å². The van der Waals surface area contributed by atoms with Gasteiger partial charge in [-0.2, -0.15) is 4.98 Å². The van der Waals surface area contributed by atoms with Crippen molar-refractivity contribution in [2.24, 2.45) is 7.05 Å². The molecule has 9 nitrogen and oxygen atoms in total. The second kappa shape index (κ2) is 7.20. The van der Waals surface area contributed by atoms with Crippen molar-refractivity contribution in [3.05, 3.63) is 80.9 Å². The van der Waals surface area contributed by atoms with Crippen LogP contribution in [0.25, 0.3) is 11.2 Å². The van der Waals surface area contributed by atoms with Gasteiger partial charge in [-0.25, -0.2) is 4.79 Å². The van der Waals surface area contributed by atoms with Gasteiger partial charge in [0.05, 0.1) is 25.5 Å². The van der Waals surface area contributed by atoms with Gasteiger partial charge in [-0.05, 0) is 17.7 Å². The topological polar surface area (TPSA) is 118 Å². The van der Waals surface area contributed by atoms with Crippen LogP contribution in [0.2, 0.25) is 0 Å². The van der Waals surface area contributed by atoms with Crippen LogP contribution in [0.1, 0.15) is 17.4 Å². The molecule has 0 saturated heterocycles. The highest BCUT2D eigenvalue weighted by molar-refractivity contribution is 5.74. The number of aliphatic hydroxyl groups is 1. The SMILES string of the molecule is Cn1c(=O)[nH]c(=O)c2c1nc(NCc1ccco1)n2C[C@@H](O)c1ccccc1. The van der Waals surface area contributed by atoms with Crippen molar-refractivity contribution in [2.45, 2.75) is 19.2 Å². The molecule has 4 aromatic rings. The third-order valence-corrected chi connectivity index (χ3v) is 4.55. The van der Waals surface area contributed by atoms with Crippen LogP contribution in [0.3, 0.4) is 0 Å². The largest absolute Gasteiger partial charge is 0.467 e. The van der Waals surface area contributed by atoms with Crippen molar-refractivity contribution in [2.75, 3.05) is 5.32 Å². The number of rotatable bonds is 6. The number of aryl methyl sites for hydroxylation is 1. The number of furan rings is 1. The lowest BCUT2D eigenvalue weighted by Crippen LogP contribution is -2.29. The molecule has 28 heavy (non-hydrogen) atoms.